The summed E-state index contributed by atoms with van der Waals surface area (Å²) in [5.41, 5.74) is 0.0817. The summed E-state index contributed by atoms with van der Waals surface area (Å²) in [6, 6.07) is 7.76. The molecular formula is C13H16N2O4S. The van der Waals surface area contributed by atoms with Gasteiger partial charge in [-0.15, -0.1) is 0 Å². The number of nitriles is 1. The van der Waals surface area contributed by atoms with Crippen LogP contribution in [0.3, 0.4) is 0 Å². The highest BCUT2D eigenvalue weighted by Gasteiger charge is 2.18. The number of carboxylic acids is 1. The highest BCUT2D eigenvalue weighted by Crippen LogP contribution is 2.14. The number of carbonyl (C=O) groups is 1. The first-order chi connectivity index (χ1) is 9.36. The summed E-state index contributed by atoms with van der Waals surface area (Å²) in [5.74, 6) is -1.01. The number of hydrogen-bond donors (Lipinski definition) is 2. The number of nitrogens with one attached hydrogen (secondary N) is 1. The van der Waals surface area contributed by atoms with E-state index >= 15 is 0 Å². The van der Waals surface area contributed by atoms with Gasteiger partial charge in [-0.25, -0.2) is 13.1 Å². The van der Waals surface area contributed by atoms with Gasteiger partial charge < -0.3 is 5.11 Å². The predicted octanol–water partition coefficient (Wildman–Crippen LogP) is 1.34. The van der Waals surface area contributed by atoms with Crippen LogP contribution in [0, 0.1) is 17.2 Å². The summed E-state index contributed by atoms with van der Waals surface area (Å²) < 4.78 is 26.6. The van der Waals surface area contributed by atoms with Gasteiger partial charge in [-0.05, 0) is 24.5 Å². The Kier molecular flexibility index (Phi) is 5.67. The Morgan fingerprint density at radius 2 is 2.10 bits per heavy atom. The third-order valence-corrected chi connectivity index (χ3v) is 4.25. The molecule has 2 N–H and O–H groups in total. The Hall–Kier alpha value is -1.91. The lowest BCUT2D eigenvalue weighted by molar-refractivity contribution is -0.137. The molecule has 0 spiro atoms. The molecule has 1 unspecified atom stereocenters. The van der Waals surface area contributed by atoms with Gasteiger partial charge in [0.05, 0.1) is 10.5 Å². The Bertz CT molecular complexity index is 620. The number of benzene rings is 1. The lowest BCUT2D eigenvalue weighted by Gasteiger charge is -2.12. The Morgan fingerprint density at radius 3 is 2.70 bits per heavy atom. The highest BCUT2D eigenvalue weighted by molar-refractivity contribution is 7.89. The minimum absolute atomic E-state index is 0.00230. The summed E-state index contributed by atoms with van der Waals surface area (Å²) >= 11 is 0. The second kappa shape index (κ2) is 7.03. The largest absolute Gasteiger partial charge is 0.481 e. The van der Waals surface area contributed by atoms with Crippen LogP contribution in [0.1, 0.15) is 25.3 Å². The molecule has 1 aromatic rings. The Morgan fingerprint density at radius 1 is 1.45 bits per heavy atom. The van der Waals surface area contributed by atoms with Crippen LogP contribution in [-0.2, 0) is 14.8 Å². The van der Waals surface area contributed by atoms with Gasteiger partial charge in [0.1, 0.15) is 6.07 Å². The minimum Gasteiger partial charge on any atom is -0.481 e. The molecule has 20 heavy (non-hydrogen) atoms. The summed E-state index contributed by atoms with van der Waals surface area (Å²) in [6.07, 6.45) is 0.384. The van der Waals surface area contributed by atoms with Crippen molar-refractivity contribution in [3.63, 3.8) is 0 Å². The van der Waals surface area contributed by atoms with Crippen molar-refractivity contribution in [3.8, 4) is 6.07 Å². The normalized spacial score (nSPS) is 12.6. The van der Waals surface area contributed by atoms with Crippen LogP contribution in [0.15, 0.2) is 29.2 Å². The molecule has 0 amide bonds. The van der Waals surface area contributed by atoms with Crippen molar-refractivity contribution in [3.05, 3.63) is 29.8 Å². The van der Waals surface area contributed by atoms with E-state index in [0.717, 1.165) is 0 Å². The van der Waals surface area contributed by atoms with E-state index in [1.165, 1.54) is 12.1 Å². The van der Waals surface area contributed by atoms with Crippen molar-refractivity contribution in [1.82, 2.24) is 4.72 Å². The van der Waals surface area contributed by atoms with Crippen molar-refractivity contribution in [2.75, 3.05) is 6.54 Å². The zero-order chi connectivity index (χ0) is 15.2. The van der Waals surface area contributed by atoms with E-state index in [2.05, 4.69) is 4.72 Å². The van der Waals surface area contributed by atoms with Crippen molar-refractivity contribution in [1.29, 1.82) is 5.26 Å². The average molecular weight is 296 g/mol. The highest BCUT2D eigenvalue weighted by atomic mass is 32.2. The van der Waals surface area contributed by atoms with E-state index in [0.29, 0.717) is 6.42 Å². The standard InChI is InChI=1S/C13H16N2O4S/c1-10(6-7-13(16)17)9-15-20(18,19)12-5-3-2-4-11(12)8-14/h2-5,10,15H,6-7,9H2,1H3,(H,16,17). The number of rotatable bonds is 7. The molecule has 0 heterocycles. The van der Waals surface area contributed by atoms with Gasteiger partial charge in [0, 0.05) is 13.0 Å². The first-order valence-corrected chi connectivity index (χ1v) is 7.55. The van der Waals surface area contributed by atoms with Gasteiger partial charge in [0.25, 0.3) is 0 Å². The van der Waals surface area contributed by atoms with Gasteiger partial charge in [-0.1, -0.05) is 19.1 Å². The van der Waals surface area contributed by atoms with Crippen LogP contribution in [0.25, 0.3) is 0 Å². The fourth-order valence-corrected chi connectivity index (χ4v) is 2.92. The molecule has 0 saturated carbocycles. The molecule has 0 bridgehead atoms. The van der Waals surface area contributed by atoms with Gasteiger partial charge in [0.2, 0.25) is 10.0 Å². The molecule has 1 atom stereocenters. The maximum absolute atomic E-state index is 12.1. The molecule has 0 fully saturated rings. The number of sulfonamides is 1. The Balaban J connectivity index is 2.71. The van der Waals surface area contributed by atoms with Crippen LogP contribution in [0.5, 0.6) is 0 Å². The molecule has 1 rings (SSSR count). The molecule has 6 nitrogen and oxygen atoms in total. The van der Waals surface area contributed by atoms with E-state index in [1.54, 1.807) is 19.1 Å². The van der Waals surface area contributed by atoms with E-state index < -0.39 is 16.0 Å². The molecule has 1 aromatic carbocycles. The van der Waals surface area contributed by atoms with Gasteiger partial charge >= 0.3 is 5.97 Å². The van der Waals surface area contributed by atoms with E-state index in [1.807, 2.05) is 6.07 Å². The third-order valence-electron chi connectivity index (χ3n) is 2.77. The quantitative estimate of drug-likeness (QED) is 0.789. The molecule has 108 valence electrons. The molecule has 0 aromatic heterocycles. The Labute approximate surface area is 118 Å². The van der Waals surface area contributed by atoms with E-state index in [9.17, 15) is 13.2 Å². The van der Waals surface area contributed by atoms with Gasteiger partial charge in [0.15, 0.2) is 0 Å². The fourth-order valence-electron chi connectivity index (χ4n) is 1.59. The van der Waals surface area contributed by atoms with E-state index in [4.69, 9.17) is 10.4 Å². The number of nitrogens with zero attached hydrogens (tertiary/aromatic N) is 1. The zero-order valence-electron chi connectivity index (χ0n) is 11.0. The van der Waals surface area contributed by atoms with Crippen molar-refractivity contribution in [2.45, 2.75) is 24.7 Å². The lowest BCUT2D eigenvalue weighted by atomic mass is 10.1. The molecule has 0 aliphatic carbocycles. The maximum Gasteiger partial charge on any atom is 0.303 e. The first kappa shape index (κ1) is 16.1. The van der Waals surface area contributed by atoms with Crippen LogP contribution in [0.2, 0.25) is 0 Å². The molecule has 0 radical (unpaired) electrons. The number of carboxylic acid groups (broad SMARTS) is 1. The molecular weight excluding hydrogens is 280 g/mol. The van der Waals surface area contributed by atoms with Gasteiger partial charge in [-0.2, -0.15) is 5.26 Å². The lowest BCUT2D eigenvalue weighted by Crippen LogP contribution is -2.29. The second-order valence-corrected chi connectivity index (χ2v) is 6.23. The van der Waals surface area contributed by atoms with Gasteiger partial charge in [-0.3, -0.25) is 4.79 Å². The molecule has 0 aliphatic heterocycles. The number of aliphatic carboxylic acids is 1. The summed E-state index contributed by atoms with van der Waals surface area (Å²) in [7, 11) is -3.76. The molecule has 0 saturated heterocycles. The zero-order valence-corrected chi connectivity index (χ0v) is 11.9. The summed E-state index contributed by atoms with van der Waals surface area (Å²) in [5, 5.41) is 17.5. The number of hydrogen-bond acceptors (Lipinski definition) is 4. The summed E-state index contributed by atoms with van der Waals surface area (Å²) in [6.45, 7) is 1.90. The van der Waals surface area contributed by atoms with Crippen LogP contribution in [-0.4, -0.2) is 26.0 Å². The van der Waals surface area contributed by atoms with Crippen molar-refractivity contribution >= 4 is 16.0 Å². The second-order valence-electron chi connectivity index (χ2n) is 4.50. The predicted molar refractivity (Wildman–Crippen MR) is 72.4 cm³/mol. The van der Waals surface area contributed by atoms with Crippen LogP contribution in [0.4, 0.5) is 0 Å². The fraction of sp³-hybridized carbons (Fsp3) is 0.385. The van der Waals surface area contributed by atoms with Crippen LogP contribution < -0.4 is 4.72 Å². The minimum atomic E-state index is -3.76. The van der Waals surface area contributed by atoms with Crippen LogP contribution >= 0.6 is 0 Å². The first-order valence-electron chi connectivity index (χ1n) is 6.07. The third kappa shape index (κ3) is 4.64. The van der Waals surface area contributed by atoms with Crippen molar-refractivity contribution in [2.24, 2.45) is 5.92 Å². The monoisotopic (exact) mass is 296 g/mol. The molecule has 0 aliphatic rings. The topological polar surface area (TPSA) is 107 Å². The summed E-state index contributed by atoms with van der Waals surface area (Å²) in [4.78, 5) is 10.4. The average Bonchev–Trinajstić information content (AvgIpc) is 2.43. The van der Waals surface area contributed by atoms with E-state index in [-0.39, 0.29) is 29.3 Å². The SMILES string of the molecule is CC(CCC(=O)O)CNS(=O)(=O)c1ccccc1C#N. The van der Waals surface area contributed by atoms with Crippen molar-refractivity contribution < 1.29 is 18.3 Å². The smallest absolute Gasteiger partial charge is 0.303 e. The molecule has 7 heteroatoms. The maximum atomic E-state index is 12.1.